The summed E-state index contributed by atoms with van der Waals surface area (Å²) in [5, 5.41) is 3.91. The standard InChI is InChI=1S/C22H25NO5S/c1-4-15(5-2)22(24)27-21-14-20(28-23-21)18-8-6-16(7-9-18)17-10-12-19(13-11-17)29(3,25)26/h6-13,15,20H,4-5,14H2,1-3H3. The summed E-state index contributed by atoms with van der Waals surface area (Å²) in [5.41, 5.74) is 2.82. The van der Waals surface area contributed by atoms with Gasteiger partial charge in [0.15, 0.2) is 15.9 Å². The first-order valence-electron chi connectivity index (χ1n) is 9.66. The van der Waals surface area contributed by atoms with Gasteiger partial charge in [-0.15, -0.1) is 0 Å². The van der Waals surface area contributed by atoms with E-state index >= 15 is 0 Å². The molecule has 154 valence electrons. The number of carbonyl (C=O) groups excluding carboxylic acids is 1. The molecule has 0 spiro atoms. The Hall–Kier alpha value is -2.67. The molecule has 7 heteroatoms. The van der Waals surface area contributed by atoms with Crippen molar-refractivity contribution in [3.8, 4) is 11.1 Å². The van der Waals surface area contributed by atoms with E-state index in [1.165, 1.54) is 6.26 Å². The van der Waals surface area contributed by atoms with E-state index in [0.29, 0.717) is 17.2 Å². The van der Waals surface area contributed by atoms with Gasteiger partial charge >= 0.3 is 5.97 Å². The van der Waals surface area contributed by atoms with Crippen molar-refractivity contribution in [1.82, 2.24) is 0 Å². The number of nitrogens with zero attached hydrogens (tertiary/aromatic N) is 1. The fourth-order valence-electron chi connectivity index (χ4n) is 3.20. The van der Waals surface area contributed by atoms with Gasteiger partial charge in [-0.05, 0) is 41.7 Å². The van der Waals surface area contributed by atoms with Crippen LogP contribution < -0.4 is 0 Å². The summed E-state index contributed by atoms with van der Waals surface area (Å²) in [5.74, 6) is -0.0663. The highest BCUT2D eigenvalue weighted by Gasteiger charge is 2.27. The summed E-state index contributed by atoms with van der Waals surface area (Å²) in [7, 11) is -3.21. The first-order chi connectivity index (χ1) is 13.8. The Labute approximate surface area is 171 Å². The zero-order chi connectivity index (χ0) is 21.0. The average molecular weight is 416 g/mol. The van der Waals surface area contributed by atoms with Gasteiger partial charge in [0.25, 0.3) is 0 Å². The third-order valence-corrected chi connectivity index (χ3v) is 6.21. The van der Waals surface area contributed by atoms with Gasteiger partial charge in [0, 0.05) is 6.26 Å². The van der Waals surface area contributed by atoms with Crippen LogP contribution in [0.15, 0.2) is 58.6 Å². The van der Waals surface area contributed by atoms with Crippen molar-refractivity contribution >= 4 is 21.7 Å². The Morgan fingerprint density at radius 2 is 1.62 bits per heavy atom. The van der Waals surface area contributed by atoms with Gasteiger partial charge in [-0.25, -0.2) is 8.42 Å². The zero-order valence-electron chi connectivity index (χ0n) is 16.8. The number of rotatable bonds is 6. The Morgan fingerprint density at radius 1 is 1.07 bits per heavy atom. The molecule has 0 N–H and O–H groups in total. The van der Waals surface area contributed by atoms with Gasteiger partial charge in [0.2, 0.25) is 5.90 Å². The molecule has 2 aromatic carbocycles. The zero-order valence-corrected chi connectivity index (χ0v) is 17.6. The molecule has 29 heavy (non-hydrogen) atoms. The summed E-state index contributed by atoms with van der Waals surface area (Å²) in [6.45, 7) is 3.92. The van der Waals surface area contributed by atoms with Gasteiger partial charge < -0.3 is 9.57 Å². The molecular formula is C22H25NO5S. The predicted octanol–water partition coefficient (Wildman–Crippen LogP) is 4.51. The number of esters is 1. The molecule has 6 nitrogen and oxygen atoms in total. The molecule has 0 bridgehead atoms. The molecule has 1 aliphatic rings. The van der Waals surface area contributed by atoms with Gasteiger partial charge in [-0.3, -0.25) is 4.79 Å². The molecular weight excluding hydrogens is 390 g/mol. The largest absolute Gasteiger partial charge is 0.408 e. The third-order valence-electron chi connectivity index (χ3n) is 5.08. The van der Waals surface area contributed by atoms with Crippen molar-refractivity contribution < 1.29 is 22.8 Å². The first kappa shape index (κ1) is 21.0. The smallest absolute Gasteiger partial charge is 0.315 e. The number of hydrogen-bond donors (Lipinski definition) is 0. The lowest BCUT2D eigenvalue weighted by Crippen LogP contribution is -2.19. The highest BCUT2D eigenvalue weighted by molar-refractivity contribution is 7.90. The first-order valence-corrected chi connectivity index (χ1v) is 11.6. The summed E-state index contributed by atoms with van der Waals surface area (Å²) in [6.07, 6.45) is 2.78. The highest BCUT2D eigenvalue weighted by Crippen LogP contribution is 2.30. The number of hydrogen-bond acceptors (Lipinski definition) is 6. The van der Waals surface area contributed by atoms with Crippen LogP contribution in [0.1, 0.15) is 44.8 Å². The molecule has 1 aliphatic heterocycles. The molecule has 0 aromatic heterocycles. The van der Waals surface area contributed by atoms with Gasteiger partial charge in [-0.1, -0.05) is 55.4 Å². The second-order valence-corrected chi connectivity index (χ2v) is 9.15. The molecule has 1 atom stereocenters. The van der Waals surface area contributed by atoms with Crippen LogP contribution in [-0.4, -0.2) is 26.5 Å². The summed E-state index contributed by atoms with van der Waals surface area (Å²) >= 11 is 0. The molecule has 1 unspecified atom stereocenters. The van der Waals surface area contributed by atoms with Crippen molar-refractivity contribution in [1.29, 1.82) is 0 Å². The van der Waals surface area contributed by atoms with Crippen LogP contribution in [-0.2, 0) is 24.2 Å². The topological polar surface area (TPSA) is 82.0 Å². The van der Waals surface area contributed by atoms with Crippen LogP contribution in [0.5, 0.6) is 0 Å². The minimum atomic E-state index is -3.21. The van der Waals surface area contributed by atoms with Gasteiger partial charge in [0.1, 0.15) is 0 Å². The molecule has 0 fully saturated rings. The Balaban J connectivity index is 1.63. The van der Waals surface area contributed by atoms with E-state index in [1.807, 2.05) is 38.1 Å². The lowest BCUT2D eigenvalue weighted by Gasteiger charge is -2.11. The molecule has 0 saturated heterocycles. The van der Waals surface area contributed by atoms with E-state index in [1.54, 1.807) is 24.3 Å². The lowest BCUT2D eigenvalue weighted by atomic mass is 10.0. The van der Waals surface area contributed by atoms with E-state index in [0.717, 1.165) is 29.5 Å². The summed E-state index contributed by atoms with van der Waals surface area (Å²) in [6, 6.07) is 14.5. The maximum atomic E-state index is 12.1. The van der Waals surface area contributed by atoms with Crippen LogP contribution in [0, 0.1) is 5.92 Å². The maximum Gasteiger partial charge on any atom is 0.315 e. The maximum absolute atomic E-state index is 12.1. The second-order valence-electron chi connectivity index (χ2n) is 7.14. The minimum Gasteiger partial charge on any atom is -0.408 e. The van der Waals surface area contributed by atoms with Crippen molar-refractivity contribution in [3.63, 3.8) is 0 Å². The molecule has 2 aromatic rings. The van der Waals surface area contributed by atoms with Crippen molar-refractivity contribution in [2.24, 2.45) is 11.1 Å². The number of oxime groups is 1. The number of sulfone groups is 1. The van der Waals surface area contributed by atoms with E-state index < -0.39 is 9.84 Å². The Kier molecular flexibility index (Phi) is 6.37. The van der Waals surface area contributed by atoms with Crippen molar-refractivity contribution in [3.05, 3.63) is 54.1 Å². The van der Waals surface area contributed by atoms with E-state index in [9.17, 15) is 13.2 Å². The van der Waals surface area contributed by atoms with Crippen LogP contribution >= 0.6 is 0 Å². The minimum absolute atomic E-state index is 0.120. The second kappa shape index (κ2) is 8.78. The van der Waals surface area contributed by atoms with Crippen molar-refractivity contribution in [2.75, 3.05) is 6.26 Å². The summed E-state index contributed by atoms with van der Waals surface area (Å²) < 4.78 is 28.5. The Bertz CT molecular complexity index is 991. The van der Waals surface area contributed by atoms with Crippen molar-refractivity contribution in [2.45, 2.75) is 44.1 Å². The molecule has 0 amide bonds. The third kappa shape index (κ3) is 5.03. The highest BCUT2D eigenvalue weighted by atomic mass is 32.2. The predicted molar refractivity (Wildman–Crippen MR) is 111 cm³/mol. The molecule has 3 rings (SSSR count). The monoisotopic (exact) mass is 415 g/mol. The van der Waals surface area contributed by atoms with E-state index in [2.05, 4.69) is 5.16 Å². The quantitative estimate of drug-likeness (QED) is 0.648. The van der Waals surface area contributed by atoms with Gasteiger partial charge in [-0.2, -0.15) is 0 Å². The van der Waals surface area contributed by atoms with E-state index in [-0.39, 0.29) is 18.0 Å². The average Bonchev–Trinajstić information content (AvgIpc) is 3.17. The molecule has 1 heterocycles. The fraction of sp³-hybridized carbons (Fsp3) is 0.364. The van der Waals surface area contributed by atoms with Gasteiger partial charge in [0.05, 0.1) is 17.2 Å². The SMILES string of the molecule is CCC(CC)C(=O)OC1=NOC(c2ccc(-c3ccc(S(C)(=O)=O)cc3)cc2)C1. The van der Waals surface area contributed by atoms with Crippen LogP contribution in [0.4, 0.5) is 0 Å². The number of benzene rings is 2. The molecule has 0 radical (unpaired) electrons. The van der Waals surface area contributed by atoms with Crippen LogP contribution in [0.2, 0.25) is 0 Å². The normalized spacial score (nSPS) is 16.4. The molecule has 0 aliphatic carbocycles. The summed E-state index contributed by atoms with van der Waals surface area (Å²) in [4.78, 5) is 17.8. The fourth-order valence-corrected chi connectivity index (χ4v) is 3.83. The van der Waals surface area contributed by atoms with Crippen LogP contribution in [0.25, 0.3) is 11.1 Å². The molecule has 0 saturated carbocycles. The number of ether oxygens (including phenoxy) is 1. The van der Waals surface area contributed by atoms with Crippen LogP contribution in [0.3, 0.4) is 0 Å². The van der Waals surface area contributed by atoms with E-state index in [4.69, 9.17) is 9.57 Å². The number of carbonyl (C=O) groups is 1. The Morgan fingerprint density at radius 3 is 2.14 bits per heavy atom. The lowest BCUT2D eigenvalue weighted by molar-refractivity contribution is -0.140.